The second kappa shape index (κ2) is 7.56. The molecule has 3 N–H and O–H groups in total. The maximum absolute atomic E-state index is 13.6. The molecule has 3 aliphatic rings. The normalized spacial score (nSPS) is 31.6. The first kappa shape index (κ1) is 20.9. The fourth-order valence-electron chi connectivity index (χ4n) is 5.90. The summed E-state index contributed by atoms with van der Waals surface area (Å²) in [6.45, 7) is 1.41. The zero-order chi connectivity index (χ0) is 22.6. The SMILES string of the molecule is CNC(=O)[C@@H]1[C@@H]2CCC3(O2)C(C(=O)Nc2ccc4ccccc4c2)N([C@H](C)CO)C(=O)[C@H]13. The van der Waals surface area contributed by atoms with Gasteiger partial charge in [-0.3, -0.25) is 14.4 Å². The Morgan fingerprint density at radius 3 is 2.69 bits per heavy atom. The molecular formula is C24H27N3O5. The predicted octanol–water partition coefficient (Wildman–Crippen LogP) is 1.28. The van der Waals surface area contributed by atoms with Gasteiger partial charge in [-0.25, -0.2) is 0 Å². The quantitative estimate of drug-likeness (QED) is 0.653. The van der Waals surface area contributed by atoms with E-state index in [0.717, 1.165) is 10.8 Å². The number of fused-ring (bicyclic) bond motifs is 2. The molecule has 3 amide bonds. The number of carbonyl (C=O) groups excluding carboxylic acids is 3. The average molecular weight is 437 g/mol. The minimum atomic E-state index is -1.07. The second-order valence-corrected chi connectivity index (χ2v) is 9.00. The van der Waals surface area contributed by atoms with Gasteiger partial charge in [0.25, 0.3) is 0 Å². The van der Waals surface area contributed by atoms with Crippen molar-refractivity contribution < 1.29 is 24.2 Å². The zero-order valence-corrected chi connectivity index (χ0v) is 18.1. The van der Waals surface area contributed by atoms with Crippen molar-refractivity contribution in [3.8, 4) is 0 Å². The summed E-state index contributed by atoms with van der Waals surface area (Å²) in [6, 6.07) is 12.0. The van der Waals surface area contributed by atoms with Gasteiger partial charge in [-0.1, -0.05) is 30.3 Å². The van der Waals surface area contributed by atoms with E-state index < -0.39 is 29.5 Å². The summed E-state index contributed by atoms with van der Waals surface area (Å²) >= 11 is 0. The Hall–Kier alpha value is -2.97. The second-order valence-electron chi connectivity index (χ2n) is 9.00. The predicted molar refractivity (Wildman–Crippen MR) is 118 cm³/mol. The third-order valence-electron chi connectivity index (χ3n) is 7.29. The van der Waals surface area contributed by atoms with E-state index in [1.165, 1.54) is 4.90 Å². The molecule has 3 fully saturated rings. The molecule has 5 rings (SSSR count). The van der Waals surface area contributed by atoms with Crippen LogP contribution >= 0.6 is 0 Å². The number of amides is 3. The van der Waals surface area contributed by atoms with Crippen molar-refractivity contribution in [1.29, 1.82) is 0 Å². The Bertz CT molecular complexity index is 1100. The number of rotatable bonds is 5. The van der Waals surface area contributed by atoms with Gasteiger partial charge in [-0.05, 0) is 42.7 Å². The molecule has 3 saturated heterocycles. The highest BCUT2D eigenvalue weighted by Crippen LogP contribution is 2.58. The Morgan fingerprint density at radius 2 is 1.97 bits per heavy atom. The first-order valence-corrected chi connectivity index (χ1v) is 11.0. The molecule has 0 aromatic heterocycles. The summed E-state index contributed by atoms with van der Waals surface area (Å²) in [5.74, 6) is -2.28. The van der Waals surface area contributed by atoms with Crippen LogP contribution in [0.2, 0.25) is 0 Å². The van der Waals surface area contributed by atoms with Crippen molar-refractivity contribution in [3.05, 3.63) is 42.5 Å². The van der Waals surface area contributed by atoms with Gasteiger partial charge in [-0.15, -0.1) is 0 Å². The Balaban J connectivity index is 1.52. The van der Waals surface area contributed by atoms with E-state index in [1.807, 2.05) is 42.5 Å². The molecule has 3 heterocycles. The van der Waals surface area contributed by atoms with Gasteiger partial charge in [0.05, 0.1) is 30.6 Å². The lowest BCUT2D eigenvalue weighted by Crippen LogP contribution is -2.55. The van der Waals surface area contributed by atoms with Crippen LogP contribution in [-0.4, -0.2) is 65.2 Å². The highest BCUT2D eigenvalue weighted by Gasteiger charge is 2.74. The van der Waals surface area contributed by atoms with Gasteiger partial charge >= 0.3 is 0 Å². The smallest absolute Gasteiger partial charge is 0.250 e. The van der Waals surface area contributed by atoms with E-state index in [0.29, 0.717) is 18.5 Å². The number of nitrogens with one attached hydrogen (secondary N) is 2. The van der Waals surface area contributed by atoms with E-state index in [4.69, 9.17) is 4.74 Å². The van der Waals surface area contributed by atoms with Crippen LogP contribution < -0.4 is 10.6 Å². The number of aliphatic hydroxyl groups is 1. The van der Waals surface area contributed by atoms with Gasteiger partial charge in [0.2, 0.25) is 17.7 Å². The van der Waals surface area contributed by atoms with Crippen molar-refractivity contribution >= 4 is 34.2 Å². The lowest BCUT2D eigenvalue weighted by atomic mass is 9.70. The average Bonchev–Trinajstić information content (AvgIpc) is 3.45. The summed E-state index contributed by atoms with van der Waals surface area (Å²) in [6.07, 6.45) is 0.751. The number of hydrogen-bond acceptors (Lipinski definition) is 5. The molecule has 0 radical (unpaired) electrons. The maximum Gasteiger partial charge on any atom is 0.250 e. The lowest BCUT2D eigenvalue weighted by Gasteiger charge is -2.35. The summed E-state index contributed by atoms with van der Waals surface area (Å²) < 4.78 is 6.29. The molecule has 2 bridgehead atoms. The van der Waals surface area contributed by atoms with Crippen LogP contribution in [0.4, 0.5) is 5.69 Å². The van der Waals surface area contributed by atoms with Gasteiger partial charge in [-0.2, -0.15) is 0 Å². The van der Waals surface area contributed by atoms with E-state index >= 15 is 0 Å². The summed E-state index contributed by atoms with van der Waals surface area (Å²) in [7, 11) is 1.54. The highest BCUT2D eigenvalue weighted by atomic mass is 16.5. The third-order valence-corrected chi connectivity index (χ3v) is 7.29. The van der Waals surface area contributed by atoms with E-state index in [1.54, 1.807) is 14.0 Å². The van der Waals surface area contributed by atoms with E-state index in [-0.39, 0.29) is 30.4 Å². The molecule has 2 aromatic rings. The van der Waals surface area contributed by atoms with Crippen molar-refractivity contribution in [1.82, 2.24) is 10.2 Å². The van der Waals surface area contributed by atoms with Gasteiger partial charge in [0.15, 0.2) is 0 Å². The van der Waals surface area contributed by atoms with Crippen LogP contribution in [0, 0.1) is 11.8 Å². The fourth-order valence-corrected chi connectivity index (χ4v) is 5.90. The summed E-state index contributed by atoms with van der Waals surface area (Å²) in [5.41, 5.74) is -0.448. The molecule has 32 heavy (non-hydrogen) atoms. The molecule has 8 nitrogen and oxygen atoms in total. The van der Waals surface area contributed by atoms with E-state index in [9.17, 15) is 19.5 Å². The van der Waals surface area contributed by atoms with Crippen molar-refractivity contribution in [2.75, 3.05) is 19.0 Å². The van der Waals surface area contributed by atoms with Gasteiger partial charge in [0, 0.05) is 12.7 Å². The number of benzene rings is 2. The first-order valence-electron chi connectivity index (χ1n) is 11.0. The van der Waals surface area contributed by atoms with Crippen molar-refractivity contribution in [2.45, 2.75) is 43.6 Å². The summed E-state index contributed by atoms with van der Waals surface area (Å²) in [4.78, 5) is 41.2. The van der Waals surface area contributed by atoms with Crippen molar-refractivity contribution in [3.63, 3.8) is 0 Å². The molecule has 3 aliphatic heterocycles. The highest BCUT2D eigenvalue weighted by molar-refractivity contribution is 6.04. The van der Waals surface area contributed by atoms with E-state index in [2.05, 4.69) is 10.6 Å². The number of likely N-dealkylation sites (tertiary alicyclic amines) is 1. The van der Waals surface area contributed by atoms with Crippen LogP contribution in [0.5, 0.6) is 0 Å². The third kappa shape index (κ3) is 2.86. The van der Waals surface area contributed by atoms with Crippen LogP contribution in [0.1, 0.15) is 19.8 Å². The lowest BCUT2D eigenvalue weighted by molar-refractivity contribution is -0.143. The van der Waals surface area contributed by atoms with Crippen LogP contribution in [0.25, 0.3) is 10.8 Å². The fraction of sp³-hybridized carbons (Fsp3) is 0.458. The minimum absolute atomic E-state index is 0.248. The minimum Gasteiger partial charge on any atom is -0.394 e. The number of carbonyl (C=O) groups is 3. The number of anilines is 1. The molecule has 2 unspecified atom stereocenters. The van der Waals surface area contributed by atoms with Crippen LogP contribution in [0.3, 0.4) is 0 Å². The molecule has 8 heteroatoms. The molecule has 0 aliphatic carbocycles. The molecule has 1 spiro atoms. The monoisotopic (exact) mass is 437 g/mol. The molecule has 168 valence electrons. The molecular weight excluding hydrogens is 410 g/mol. The molecule has 2 aromatic carbocycles. The zero-order valence-electron chi connectivity index (χ0n) is 18.1. The number of hydrogen-bond donors (Lipinski definition) is 3. The van der Waals surface area contributed by atoms with Crippen LogP contribution in [-0.2, 0) is 19.1 Å². The maximum atomic E-state index is 13.6. The molecule has 6 atom stereocenters. The van der Waals surface area contributed by atoms with Crippen LogP contribution in [0.15, 0.2) is 42.5 Å². The topological polar surface area (TPSA) is 108 Å². The number of aliphatic hydroxyl groups excluding tert-OH is 1. The Morgan fingerprint density at radius 1 is 1.22 bits per heavy atom. The molecule has 0 saturated carbocycles. The number of nitrogens with zero attached hydrogens (tertiary/aromatic N) is 1. The Kier molecular flexibility index (Phi) is 4.94. The van der Waals surface area contributed by atoms with Crippen molar-refractivity contribution in [2.24, 2.45) is 11.8 Å². The summed E-state index contributed by atoms with van der Waals surface area (Å²) in [5, 5.41) is 17.5. The largest absolute Gasteiger partial charge is 0.394 e. The van der Waals surface area contributed by atoms with Gasteiger partial charge in [0.1, 0.15) is 11.6 Å². The van der Waals surface area contributed by atoms with Gasteiger partial charge < -0.3 is 25.4 Å². The Labute approximate surface area is 185 Å². The standard InChI is InChI=1S/C24H27N3O5/c1-13(12-28)27-20(22(30)26-16-8-7-14-5-3-4-6-15(14)11-16)24-10-9-17(32-24)18(21(29)25-2)19(24)23(27)31/h3-8,11,13,17-20,28H,9-10,12H2,1-2H3,(H,25,29)(H,26,30)/t13-,17+,18-,19+,20?,24?/m1/s1. The number of ether oxygens (including phenoxy) is 1. The first-order chi connectivity index (χ1) is 15.4.